The van der Waals surface area contributed by atoms with E-state index in [-0.39, 0.29) is 18.4 Å². The molecule has 0 radical (unpaired) electrons. The molecule has 82 valence electrons. The van der Waals surface area contributed by atoms with Crippen molar-refractivity contribution in [2.75, 3.05) is 20.2 Å². The van der Waals surface area contributed by atoms with Crippen LogP contribution in [0, 0.1) is 17.8 Å². The van der Waals surface area contributed by atoms with Gasteiger partial charge in [0.2, 0.25) is 0 Å². The van der Waals surface area contributed by atoms with Crippen molar-refractivity contribution in [3.05, 3.63) is 0 Å². The van der Waals surface area contributed by atoms with Gasteiger partial charge in [-0.05, 0) is 43.7 Å². The molecule has 1 aliphatic heterocycles. The van der Waals surface area contributed by atoms with Crippen LogP contribution in [0.25, 0.3) is 0 Å². The van der Waals surface area contributed by atoms with Gasteiger partial charge in [0.15, 0.2) is 0 Å². The number of esters is 1. The van der Waals surface area contributed by atoms with Crippen LogP contribution in [0.1, 0.15) is 19.3 Å². The number of carbonyl (C=O) groups excluding carboxylic acids is 1. The van der Waals surface area contributed by atoms with Gasteiger partial charge in [-0.15, -0.1) is 12.4 Å². The van der Waals surface area contributed by atoms with Crippen LogP contribution in [0.5, 0.6) is 0 Å². The molecule has 0 aromatic carbocycles. The second kappa shape index (κ2) is 4.99. The lowest BCUT2D eigenvalue weighted by molar-refractivity contribution is -0.141. The maximum Gasteiger partial charge on any atom is 0.305 e. The Kier molecular flexibility index (Phi) is 4.20. The molecule has 1 aliphatic carbocycles. The smallest absolute Gasteiger partial charge is 0.305 e. The molecular weight excluding hydrogens is 202 g/mol. The third-order valence-electron chi connectivity index (χ3n) is 3.43. The monoisotopic (exact) mass is 219 g/mol. The summed E-state index contributed by atoms with van der Waals surface area (Å²) in [6.07, 6.45) is 3.06. The summed E-state index contributed by atoms with van der Waals surface area (Å²) in [5.74, 6) is 2.20. The van der Waals surface area contributed by atoms with Gasteiger partial charge in [0, 0.05) is 6.42 Å². The lowest BCUT2D eigenvalue weighted by Crippen LogP contribution is -2.14. The molecule has 0 spiro atoms. The van der Waals surface area contributed by atoms with Crippen molar-refractivity contribution in [3.8, 4) is 0 Å². The van der Waals surface area contributed by atoms with E-state index in [1.807, 2.05) is 0 Å². The molecule has 0 bridgehead atoms. The largest absolute Gasteiger partial charge is 0.469 e. The number of methoxy groups -OCH3 is 1. The Morgan fingerprint density at radius 1 is 1.36 bits per heavy atom. The zero-order valence-corrected chi connectivity index (χ0v) is 9.31. The predicted molar refractivity (Wildman–Crippen MR) is 56.5 cm³/mol. The maximum atomic E-state index is 11.0. The van der Waals surface area contributed by atoms with Gasteiger partial charge in [0.1, 0.15) is 0 Å². The summed E-state index contributed by atoms with van der Waals surface area (Å²) in [6, 6.07) is 0. The molecule has 4 heteroatoms. The molecule has 1 N–H and O–H groups in total. The fourth-order valence-corrected chi connectivity index (χ4v) is 2.78. The van der Waals surface area contributed by atoms with E-state index < -0.39 is 0 Å². The zero-order chi connectivity index (χ0) is 9.26. The quantitative estimate of drug-likeness (QED) is 0.710. The van der Waals surface area contributed by atoms with Crippen LogP contribution in [-0.4, -0.2) is 26.2 Å². The van der Waals surface area contributed by atoms with Gasteiger partial charge in [0.25, 0.3) is 0 Å². The number of ether oxygens (including phenoxy) is 1. The normalized spacial score (nSPS) is 34.8. The van der Waals surface area contributed by atoms with E-state index in [1.54, 1.807) is 0 Å². The van der Waals surface area contributed by atoms with Crippen molar-refractivity contribution >= 4 is 18.4 Å². The van der Waals surface area contributed by atoms with Gasteiger partial charge in [-0.1, -0.05) is 0 Å². The van der Waals surface area contributed by atoms with E-state index in [1.165, 1.54) is 20.0 Å². The van der Waals surface area contributed by atoms with Crippen molar-refractivity contribution < 1.29 is 9.53 Å². The van der Waals surface area contributed by atoms with Crippen LogP contribution in [0.2, 0.25) is 0 Å². The van der Waals surface area contributed by atoms with Gasteiger partial charge in [-0.2, -0.15) is 0 Å². The minimum absolute atomic E-state index is 0. The average molecular weight is 220 g/mol. The lowest BCUT2D eigenvalue weighted by atomic mass is 10.0. The number of halogens is 1. The number of fused-ring (bicyclic) bond motifs is 1. The van der Waals surface area contributed by atoms with Crippen molar-refractivity contribution in [2.45, 2.75) is 19.3 Å². The number of carbonyl (C=O) groups is 1. The molecule has 2 unspecified atom stereocenters. The Bertz CT molecular complexity index is 198. The molecule has 0 aromatic rings. The van der Waals surface area contributed by atoms with E-state index in [0.29, 0.717) is 12.3 Å². The Hall–Kier alpha value is -0.280. The fourth-order valence-electron chi connectivity index (χ4n) is 2.78. The Morgan fingerprint density at radius 3 is 2.43 bits per heavy atom. The van der Waals surface area contributed by atoms with Crippen LogP contribution < -0.4 is 5.32 Å². The Morgan fingerprint density at radius 2 is 1.93 bits per heavy atom. The first-order valence-corrected chi connectivity index (χ1v) is 5.07. The molecule has 0 aromatic heterocycles. The summed E-state index contributed by atoms with van der Waals surface area (Å²) in [5, 5.41) is 3.40. The van der Waals surface area contributed by atoms with Crippen LogP contribution in [0.4, 0.5) is 0 Å². The van der Waals surface area contributed by atoms with E-state index in [2.05, 4.69) is 10.1 Å². The summed E-state index contributed by atoms with van der Waals surface area (Å²) in [5.41, 5.74) is 0. The van der Waals surface area contributed by atoms with Crippen LogP contribution in [0.3, 0.4) is 0 Å². The molecule has 14 heavy (non-hydrogen) atoms. The molecular formula is C10H18ClNO2. The first kappa shape index (κ1) is 11.8. The summed E-state index contributed by atoms with van der Waals surface area (Å²) >= 11 is 0. The average Bonchev–Trinajstić information content (AvgIpc) is 2.63. The highest BCUT2D eigenvalue weighted by Crippen LogP contribution is 2.39. The summed E-state index contributed by atoms with van der Waals surface area (Å²) < 4.78 is 4.68. The summed E-state index contributed by atoms with van der Waals surface area (Å²) in [4.78, 5) is 11.0. The minimum Gasteiger partial charge on any atom is -0.469 e. The second-order valence-corrected chi connectivity index (χ2v) is 4.30. The van der Waals surface area contributed by atoms with E-state index >= 15 is 0 Å². The van der Waals surface area contributed by atoms with Crippen LogP contribution >= 0.6 is 12.4 Å². The zero-order valence-electron chi connectivity index (χ0n) is 8.49. The molecule has 1 saturated carbocycles. The van der Waals surface area contributed by atoms with Crippen molar-refractivity contribution in [3.63, 3.8) is 0 Å². The molecule has 0 amide bonds. The van der Waals surface area contributed by atoms with Gasteiger partial charge in [0.05, 0.1) is 7.11 Å². The molecule has 1 heterocycles. The first-order valence-electron chi connectivity index (χ1n) is 5.07. The maximum absolute atomic E-state index is 11.0. The van der Waals surface area contributed by atoms with Gasteiger partial charge in [-0.3, -0.25) is 4.79 Å². The molecule has 2 fully saturated rings. The molecule has 2 atom stereocenters. The van der Waals surface area contributed by atoms with E-state index in [4.69, 9.17) is 0 Å². The number of hydrogen-bond donors (Lipinski definition) is 1. The van der Waals surface area contributed by atoms with E-state index in [0.717, 1.165) is 24.9 Å². The first-order chi connectivity index (χ1) is 6.29. The van der Waals surface area contributed by atoms with E-state index in [9.17, 15) is 4.79 Å². The highest BCUT2D eigenvalue weighted by Gasteiger charge is 2.37. The molecule has 3 nitrogen and oxygen atoms in total. The van der Waals surface area contributed by atoms with Crippen molar-refractivity contribution in [2.24, 2.45) is 17.8 Å². The Labute approximate surface area is 91.0 Å². The molecule has 1 saturated heterocycles. The highest BCUT2D eigenvalue weighted by molar-refractivity contribution is 5.85. The van der Waals surface area contributed by atoms with Crippen LogP contribution in [-0.2, 0) is 9.53 Å². The standard InChI is InChI=1S/C10H17NO2.ClH/c1-13-10(12)4-7-2-8-5-11-6-9(8)3-7;/h7-9,11H,2-6H2,1H3;1H. The Balaban J connectivity index is 0.000000980. The summed E-state index contributed by atoms with van der Waals surface area (Å²) in [6.45, 7) is 2.31. The number of rotatable bonds is 2. The number of nitrogens with one attached hydrogen (secondary N) is 1. The van der Waals surface area contributed by atoms with Crippen molar-refractivity contribution in [1.82, 2.24) is 5.32 Å². The SMILES string of the molecule is COC(=O)CC1CC2CNCC2C1.Cl. The predicted octanol–water partition coefficient (Wildman–Crippen LogP) is 1.22. The van der Waals surface area contributed by atoms with Gasteiger partial charge < -0.3 is 10.1 Å². The van der Waals surface area contributed by atoms with Crippen LogP contribution in [0.15, 0.2) is 0 Å². The number of hydrogen-bond acceptors (Lipinski definition) is 3. The topological polar surface area (TPSA) is 38.3 Å². The second-order valence-electron chi connectivity index (χ2n) is 4.30. The molecule has 2 aliphatic rings. The summed E-state index contributed by atoms with van der Waals surface area (Å²) in [7, 11) is 1.47. The highest BCUT2D eigenvalue weighted by atomic mass is 35.5. The third kappa shape index (κ3) is 2.39. The van der Waals surface area contributed by atoms with Gasteiger partial charge >= 0.3 is 5.97 Å². The van der Waals surface area contributed by atoms with Crippen molar-refractivity contribution in [1.29, 1.82) is 0 Å². The van der Waals surface area contributed by atoms with Gasteiger partial charge in [-0.25, -0.2) is 0 Å². The minimum atomic E-state index is -0.0436. The fraction of sp³-hybridized carbons (Fsp3) is 0.900. The molecule has 2 rings (SSSR count). The third-order valence-corrected chi connectivity index (χ3v) is 3.43. The lowest BCUT2D eigenvalue weighted by Gasteiger charge is -2.08.